The summed E-state index contributed by atoms with van der Waals surface area (Å²) in [7, 11) is 1.33. The minimum absolute atomic E-state index is 0.0425. The number of benzene rings is 2. The Kier molecular flexibility index (Phi) is 13.5. The highest BCUT2D eigenvalue weighted by molar-refractivity contribution is 6.42. The number of nitrogens with one attached hydrogen (secondary N) is 1. The average Bonchev–Trinajstić information content (AvgIpc) is 3.79. The molecule has 2 aromatic rings. The SMILES string of the molecule is CCC(CCNCCC(/C(CCc1cc(C(F)(F)F)cc(C(F)(F)F)c1)=N/OC)c1ccc(Cl)c(Cl)c1)CN1CCC(CC2CC2)C1=O. The van der Waals surface area contributed by atoms with E-state index in [9.17, 15) is 31.1 Å². The Labute approximate surface area is 288 Å². The van der Waals surface area contributed by atoms with E-state index in [0.717, 1.165) is 62.4 Å². The molecule has 1 aliphatic heterocycles. The lowest BCUT2D eigenvalue weighted by Gasteiger charge is -2.24. The molecule has 1 N–H and O–H groups in total. The summed E-state index contributed by atoms with van der Waals surface area (Å²) >= 11 is 12.5. The third-order valence-electron chi connectivity index (χ3n) is 9.39. The number of aryl methyl sites for hydroxylation is 1. The second-order valence-corrected chi connectivity index (χ2v) is 13.8. The van der Waals surface area contributed by atoms with Crippen LogP contribution >= 0.6 is 23.2 Å². The number of likely N-dealkylation sites (tertiary alicyclic amines) is 1. The Hall–Kier alpha value is -2.50. The molecule has 0 aromatic heterocycles. The first kappa shape index (κ1) is 38.3. The first-order valence-electron chi connectivity index (χ1n) is 16.5. The number of amides is 1. The van der Waals surface area contributed by atoms with Gasteiger partial charge in [-0.1, -0.05) is 60.6 Å². The van der Waals surface area contributed by atoms with Crippen LogP contribution in [0.25, 0.3) is 0 Å². The van der Waals surface area contributed by atoms with Gasteiger partial charge in [0.1, 0.15) is 7.11 Å². The second kappa shape index (κ2) is 16.9. The zero-order valence-corrected chi connectivity index (χ0v) is 28.7. The van der Waals surface area contributed by atoms with Crippen molar-refractivity contribution in [3.63, 3.8) is 0 Å². The Morgan fingerprint density at radius 1 is 0.979 bits per heavy atom. The van der Waals surface area contributed by atoms with Crippen LogP contribution in [0.2, 0.25) is 10.0 Å². The maximum atomic E-state index is 13.5. The van der Waals surface area contributed by atoms with E-state index in [1.165, 1.54) is 20.0 Å². The zero-order chi connectivity index (χ0) is 35.1. The fourth-order valence-corrected chi connectivity index (χ4v) is 6.77. The topological polar surface area (TPSA) is 53.9 Å². The number of halogens is 8. The maximum absolute atomic E-state index is 13.5. The number of oxime groups is 1. The van der Waals surface area contributed by atoms with E-state index in [1.807, 2.05) is 4.90 Å². The van der Waals surface area contributed by atoms with Crippen molar-refractivity contribution in [1.29, 1.82) is 0 Å². The summed E-state index contributed by atoms with van der Waals surface area (Å²) in [5, 5.41) is 8.28. The van der Waals surface area contributed by atoms with Gasteiger partial charge in [-0.3, -0.25) is 4.79 Å². The summed E-state index contributed by atoms with van der Waals surface area (Å²) in [6.45, 7) is 4.95. The van der Waals surface area contributed by atoms with Crippen LogP contribution in [0.5, 0.6) is 0 Å². The quantitative estimate of drug-likeness (QED) is 0.0766. The highest BCUT2D eigenvalue weighted by atomic mass is 35.5. The van der Waals surface area contributed by atoms with Crippen LogP contribution in [0, 0.1) is 17.8 Å². The van der Waals surface area contributed by atoms with Crippen molar-refractivity contribution in [3.8, 4) is 0 Å². The lowest BCUT2D eigenvalue weighted by atomic mass is 9.87. The van der Waals surface area contributed by atoms with Gasteiger partial charge in [0.15, 0.2) is 0 Å². The normalized spacial score (nSPS) is 18.8. The third kappa shape index (κ3) is 11.0. The number of carbonyl (C=O) groups excluding carboxylic acids is 1. The summed E-state index contributed by atoms with van der Waals surface area (Å²) < 4.78 is 80.8. The molecule has 1 saturated carbocycles. The zero-order valence-electron chi connectivity index (χ0n) is 27.2. The number of alkyl halides is 6. The molecule has 5 nitrogen and oxygen atoms in total. The van der Waals surface area contributed by atoms with Gasteiger partial charge in [-0.2, -0.15) is 26.3 Å². The molecule has 2 fully saturated rings. The molecule has 3 atom stereocenters. The minimum Gasteiger partial charge on any atom is -0.399 e. The third-order valence-corrected chi connectivity index (χ3v) is 10.1. The molecule has 0 spiro atoms. The molecule has 1 saturated heterocycles. The van der Waals surface area contributed by atoms with Crippen LogP contribution in [0.1, 0.15) is 86.5 Å². The number of rotatable bonds is 17. The first-order chi connectivity index (χ1) is 22.7. The van der Waals surface area contributed by atoms with Crippen LogP contribution in [0.3, 0.4) is 0 Å². The van der Waals surface area contributed by atoms with Crippen molar-refractivity contribution < 1.29 is 36.0 Å². The fraction of sp³-hybridized carbons (Fsp3) is 0.600. The predicted octanol–water partition coefficient (Wildman–Crippen LogP) is 9.79. The van der Waals surface area contributed by atoms with Gasteiger partial charge in [-0.15, -0.1) is 0 Å². The molecule has 2 aromatic carbocycles. The standard InChI is InChI=1S/C35H43Cl2F6N3O2/c1-3-22(21-46-15-12-26(33(46)47)16-23-4-5-23)10-13-44-14-11-29(25-7-8-30(36)31(37)19-25)32(45-48-2)9-6-24-17-27(34(38,39)40)20-28(18-24)35(41,42)43/h7-8,17-20,22-23,26,29,44H,3-6,9-16,21H2,1-2H3/b45-32+. The van der Waals surface area contributed by atoms with Crippen LogP contribution in [-0.2, 0) is 28.4 Å². The average molecular weight is 723 g/mol. The molecule has 4 rings (SSSR count). The van der Waals surface area contributed by atoms with E-state index < -0.39 is 29.4 Å². The molecular weight excluding hydrogens is 679 g/mol. The number of carbonyl (C=O) groups is 1. The van der Waals surface area contributed by atoms with Crippen molar-refractivity contribution in [2.24, 2.45) is 22.9 Å². The highest BCUT2D eigenvalue weighted by Crippen LogP contribution is 2.39. The first-order valence-corrected chi connectivity index (χ1v) is 17.3. The summed E-state index contributed by atoms with van der Waals surface area (Å²) in [6, 6.07) is 6.68. The van der Waals surface area contributed by atoms with Gasteiger partial charge in [0.25, 0.3) is 0 Å². The lowest BCUT2D eigenvalue weighted by molar-refractivity contribution is -0.143. The Bertz CT molecular complexity index is 1380. The fourth-order valence-electron chi connectivity index (χ4n) is 6.46. The maximum Gasteiger partial charge on any atom is 0.416 e. The van der Waals surface area contributed by atoms with E-state index >= 15 is 0 Å². The van der Waals surface area contributed by atoms with Crippen molar-refractivity contribution in [1.82, 2.24) is 10.2 Å². The van der Waals surface area contributed by atoms with Gasteiger partial charge in [0, 0.05) is 24.9 Å². The van der Waals surface area contributed by atoms with Gasteiger partial charge in [0.2, 0.25) is 5.91 Å². The van der Waals surface area contributed by atoms with E-state index in [1.54, 1.807) is 18.2 Å². The second-order valence-electron chi connectivity index (χ2n) is 13.0. The van der Waals surface area contributed by atoms with Crippen LogP contribution in [-0.4, -0.2) is 49.8 Å². The largest absolute Gasteiger partial charge is 0.416 e. The Morgan fingerprint density at radius 2 is 1.65 bits per heavy atom. The van der Waals surface area contributed by atoms with Crippen molar-refractivity contribution in [2.75, 3.05) is 33.3 Å². The van der Waals surface area contributed by atoms with Gasteiger partial charge >= 0.3 is 12.4 Å². The van der Waals surface area contributed by atoms with Gasteiger partial charge < -0.3 is 15.1 Å². The summed E-state index contributed by atoms with van der Waals surface area (Å²) in [5.41, 5.74) is -1.65. The van der Waals surface area contributed by atoms with Crippen molar-refractivity contribution >= 4 is 34.8 Å². The molecular formula is C35H43Cl2F6N3O2. The van der Waals surface area contributed by atoms with E-state index in [4.69, 9.17) is 28.0 Å². The molecule has 1 aliphatic carbocycles. The van der Waals surface area contributed by atoms with Gasteiger partial charge in [-0.25, -0.2) is 0 Å². The molecule has 1 amide bonds. The summed E-state index contributed by atoms with van der Waals surface area (Å²) in [6.07, 6.45) is -3.18. The molecule has 0 radical (unpaired) electrons. The Morgan fingerprint density at radius 3 is 2.23 bits per heavy atom. The predicted molar refractivity (Wildman–Crippen MR) is 176 cm³/mol. The van der Waals surface area contributed by atoms with Crippen LogP contribution in [0.15, 0.2) is 41.6 Å². The van der Waals surface area contributed by atoms with Crippen LogP contribution in [0.4, 0.5) is 26.3 Å². The lowest BCUT2D eigenvalue weighted by Crippen LogP contribution is -2.33. The van der Waals surface area contributed by atoms with Gasteiger partial charge in [-0.05, 0) is 105 Å². The molecule has 2 aliphatic rings. The minimum atomic E-state index is -4.94. The van der Waals surface area contributed by atoms with Gasteiger partial charge in [0.05, 0.1) is 26.9 Å². The Balaban J connectivity index is 1.40. The van der Waals surface area contributed by atoms with Crippen LogP contribution < -0.4 is 5.32 Å². The van der Waals surface area contributed by atoms with E-state index in [2.05, 4.69) is 17.4 Å². The molecule has 0 bridgehead atoms. The molecule has 3 unspecified atom stereocenters. The van der Waals surface area contributed by atoms with Crippen molar-refractivity contribution in [3.05, 3.63) is 68.7 Å². The summed E-state index contributed by atoms with van der Waals surface area (Å²) in [4.78, 5) is 20.0. The number of hydrogen-bond acceptors (Lipinski definition) is 4. The smallest absolute Gasteiger partial charge is 0.399 e. The number of hydrogen-bond donors (Lipinski definition) is 1. The molecule has 1 heterocycles. The molecule has 48 heavy (non-hydrogen) atoms. The van der Waals surface area contributed by atoms with E-state index in [0.29, 0.717) is 47.1 Å². The van der Waals surface area contributed by atoms with E-state index in [-0.39, 0.29) is 30.4 Å². The highest BCUT2D eigenvalue weighted by Gasteiger charge is 2.38. The molecule has 266 valence electrons. The monoisotopic (exact) mass is 721 g/mol. The van der Waals surface area contributed by atoms with Crippen molar-refractivity contribution in [2.45, 2.75) is 83.0 Å². The summed E-state index contributed by atoms with van der Waals surface area (Å²) in [5.74, 6) is 1.14. The number of nitrogens with zero attached hydrogens (tertiary/aromatic N) is 2. The molecule has 13 heteroatoms.